The van der Waals surface area contributed by atoms with Gasteiger partial charge in [0, 0.05) is 22.4 Å². The van der Waals surface area contributed by atoms with Crippen LogP contribution >= 0.6 is 0 Å². The number of rotatable bonds is 6. The molecule has 0 saturated heterocycles. The third kappa shape index (κ3) is 4.82. The molecule has 1 heteroatoms. The van der Waals surface area contributed by atoms with E-state index in [0.717, 1.165) is 11.4 Å². The molecule has 7 aromatic carbocycles. The summed E-state index contributed by atoms with van der Waals surface area (Å²) in [6.07, 6.45) is 0. The molecule has 1 aliphatic rings. The molecule has 0 bridgehead atoms. The first-order valence-electron chi connectivity index (χ1n) is 16.0. The van der Waals surface area contributed by atoms with E-state index in [1.54, 1.807) is 0 Å². The first-order valence-corrected chi connectivity index (χ1v) is 16.0. The van der Waals surface area contributed by atoms with Crippen LogP contribution < -0.4 is 4.90 Å². The van der Waals surface area contributed by atoms with E-state index in [1.165, 1.54) is 61.3 Å². The van der Waals surface area contributed by atoms with E-state index in [1.807, 2.05) is 0 Å². The van der Waals surface area contributed by atoms with Crippen molar-refractivity contribution in [2.24, 2.45) is 0 Å². The van der Waals surface area contributed by atoms with Crippen LogP contribution in [0.5, 0.6) is 0 Å². The molecule has 0 fully saturated rings. The molecule has 7 aromatic rings. The Kier molecular flexibility index (Phi) is 6.88. The van der Waals surface area contributed by atoms with Gasteiger partial charge in [0.2, 0.25) is 0 Å². The van der Waals surface area contributed by atoms with Crippen LogP contribution in [0.2, 0.25) is 0 Å². The van der Waals surface area contributed by atoms with E-state index in [9.17, 15) is 0 Å². The molecule has 0 heterocycles. The van der Waals surface area contributed by atoms with E-state index in [2.05, 4.69) is 195 Å². The highest BCUT2D eigenvalue weighted by molar-refractivity contribution is 5.95. The normalized spacial score (nSPS) is 12.7. The first-order chi connectivity index (χ1) is 22.6. The minimum Gasteiger partial charge on any atom is -0.310 e. The molecule has 220 valence electrons. The van der Waals surface area contributed by atoms with Crippen molar-refractivity contribution in [3.8, 4) is 44.5 Å². The Morgan fingerprint density at radius 2 is 0.891 bits per heavy atom. The van der Waals surface area contributed by atoms with Gasteiger partial charge in [0.1, 0.15) is 0 Å². The zero-order chi connectivity index (χ0) is 31.1. The number of benzene rings is 7. The second-order valence-electron chi connectivity index (χ2n) is 12.6. The number of nitrogens with zero attached hydrogens (tertiary/aromatic N) is 1. The molecule has 0 saturated carbocycles. The van der Waals surface area contributed by atoms with Crippen molar-refractivity contribution in [1.82, 2.24) is 0 Å². The lowest BCUT2D eigenvalue weighted by molar-refractivity contribution is 0.660. The van der Waals surface area contributed by atoms with Crippen LogP contribution in [0.3, 0.4) is 0 Å². The average Bonchev–Trinajstić information content (AvgIpc) is 3.35. The monoisotopic (exact) mass is 589 g/mol. The maximum absolute atomic E-state index is 2.46. The summed E-state index contributed by atoms with van der Waals surface area (Å²) in [4.78, 5) is 2.45. The third-order valence-corrected chi connectivity index (χ3v) is 9.47. The van der Waals surface area contributed by atoms with Crippen molar-refractivity contribution < 1.29 is 0 Å². The lowest BCUT2D eigenvalue weighted by Gasteiger charge is -2.31. The lowest BCUT2D eigenvalue weighted by Crippen LogP contribution is -2.17. The molecule has 46 heavy (non-hydrogen) atoms. The number of hydrogen-bond acceptors (Lipinski definition) is 1. The van der Waals surface area contributed by atoms with Crippen molar-refractivity contribution in [2.45, 2.75) is 19.3 Å². The van der Waals surface area contributed by atoms with E-state index in [-0.39, 0.29) is 5.41 Å². The molecule has 0 amide bonds. The van der Waals surface area contributed by atoms with Crippen molar-refractivity contribution in [1.29, 1.82) is 0 Å². The van der Waals surface area contributed by atoms with Crippen LogP contribution in [0.1, 0.15) is 25.0 Å². The largest absolute Gasteiger partial charge is 0.310 e. The maximum Gasteiger partial charge on any atom is 0.0543 e. The molecule has 0 aliphatic heterocycles. The molecule has 1 aliphatic carbocycles. The summed E-state index contributed by atoms with van der Waals surface area (Å²) in [7, 11) is 0. The van der Waals surface area contributed by atoms with Crippen LogP contribution in [-0.2, 0) is 5.41 Å². The first kappa shape index (κ1) is 27.9. The Bertz CT molecular complexity index is 2140. The lowest BCUT2D eigenvalue weighted by atomic mass is 9.81. The van der Waals surface area contributed by atoms with Crippen molar-refractivity contribution in [3.63, 3.8) is 0 Å². The van der Waals surface area contributed by atoms with Gasteiger partial charge in [-0.05, 0) is 86.5 Å². The standard InChI is InChI=1S/C45H35N/c1-45(2)42-24-13-12-23-39(42)41-30-40(35-19-10-5-11-20-35)44(31-43(41)45)46(37-27-25-34(26-28-37)32-15-6-3-7-16-32)38-22-14-21-36(29-38)33-17-8-4-9-18-33/h3-31H,1-2H3. The number of anilines is 3. The molecule has 0 radical (unpaired) electrons. The van der Waals surface area contributed by atoms with Crippen LogP contribution in [-0.4, -0.2) is 0 Å². The van der Waals surface area contributed by atoms with E-state index in [4.69, 9.17) is 0 Å². The molecule has 1 nitrogen and oxygen atoms in total. The predicted molar refractivity (Wildman–Crippen MR) is 195 cm³/mol. The molecule has 0 aromatic heterocycles. The second-order valence-corrected chi connectivity index (χ2v) is 12.6. The topological polar surface area (TPSA) is 3.24 Å². The zero-order valence-corrected chi connectivity index (χ0v) is 26.2. The summed E-state index contributed by atoms with van der Waals surface area (Å²) in [5.41, 5.74) is 15.9. The quantitative estimate of drug-likeness (QED) is 0.186. The summed E-state index contributed by atoms with van der Waals surface area (Å²) in [5, 5.41) is 0. The van der Waals surface area contributed by atoms with Crippen LogP contribution in [0, 0.1) is 0 Å². The third-order valence-electron chi connectivity index (χ3n) is 9.47. The highest BCUT2D eigenvalue weighted by atomic mass is 15.1. The molecular weight excluding hydrogens is 555 g/mol. The molecule has 0 unspecified atom stereocenters. The van der Waals surface area contributed by atoms with E-state index in [0.29, 0.717) is 0 Å². The average molecular weight is 590 g/mol. The van der Waals surface area contributed by atoms with Gasteiger partial charge < -0.3 is 4.90 Å². The van der Waals surface area contributed by atoms with Gasteiger partial charge in [0.15, 0.2) is 0 Å². The SMILES string of the molecule is CC1(C)c2ccccc2-c2cc(-c3ccccc3)c(N(c3ccc(-c4ccccc4)cc3)c3cccc(-c4ccccc4)c3)cc21. The zero-order valence-electron chi connectivity index (χ0n) is 26.2. The second kappa shape index (κ2) is 11.4. The van der Waals surface area contributed by atoms with Gasteiger partial charge >= 0.3 is 0 Å². The minimum absolute atomic E-state index is 0.120. The highest BCUT2D eigenvalue weighted by Crippen LogP contribution is 2.53. The molecular formula is C45H35N. The fourth-order valence-corrected chi connectivity index (χ4v) is 7.09. The summed E-state index contributed by atoms with van der Waals surface area (Å²) < 4.78 is 0. The number of hydrogen-bond donors (Lipinski definition) is 0. The summed E-state index contributed by atoms with van der Waals surface area (Å²) in [6.45, 7) is 4.72. The molecule has 0 N–H and O–H groups in total. The van der Waals surface area contributed by atoms with Crippen LogP contribution in [0.15, 0.2) is 176 Å². The Morgan fingerprint density at radius 3 is 1.57 bits per heavy atom. The van der Waals surface area contributed by atoms with E-state index < -0.39 is 0 Å². The fraction of sp³-hybridized carbons (Fsp3) is 0.0667. The Labute approximate surface area is 272 Å². The van der Waals surface area contributed by atoms with E-state index >= 15 is 0 Å². The number of fused-ring (bicyclic) bond motifs is 3. The molecule has 8 rings (SSSR count). The summed E-state index contributed by atoms with van der Waals surface area (Å²) >= 11 is 0. The molecule has 0 spiro atoms. The van der Waals surface area contributed by atoms with Crippen molar-refractivity contribution >= 4 is 17.1 Å². The van der Waals surface area contributed by atoms with Crippen LogP contribution in [0.4, 0.5) is 17.1 Å². The van der Waals surface area contributed by atoms with Gasteiger partial charge in [-0.15, -0.1) is 0 Å². The highest BCUT2D eigenvalue weighted by Gasteiger charge is 2.37. The minimum atomic E-state index is -0.120. The van der Waals surface area contributed by atoms with Gasteiger partial charge in [0.05, 0.1) is 5.69 Å². The van der Waals surface area contributed by atoms with Crippen molar-refractivity contribution in [2.75, 3.05) is 4.90 Å². The summed E-state index contributed by atoms with van der Waals surface area (Å²) in [6, 6.07) is 63.8. The van der Waals surface area contributed by atoms with Gasteiger partial charge in [-0.25, -0.2) is 0 Å². The fourth-order valence-electron chi connectivity index (χ4n) is 7.09. The Balaban J connectivity index is 1.38. The van der Waals surface area contributed by atoms with Gasteiger partial charge in [0.25, 0.3) is 0 Å². The Morgan fingerprint density at radius 1 is 0.348 bits per heavy atom. The predicted octanol–water partition coefficient (Wildman–Crippen LogP) is 12.5. The van der Waals surface area contributed by atoms with Gasteiger partial charge in [-0.1, -0.05) is 153 Å². The van der Waals surface area contributed by atoms with Crippen molar-refractivity contribution in [3.05, 3.63) is 187 Å². The molecule has 0 atom stereocenters. The van der Waals surface area contributed by atoms with Crippen LogP contribution in [0.25, 0.3) is 44.5 Å². The maximum atomic E-state index is 2.46. The summed E-state index contributed by atoms with van der Waals surface area (Å²) in [5.74, 6) is 0. The smallest absolute Gasteiger partial charge is 0.0543 e. The van der Waals surface area contributed by atoms with Gasteiger partial charge in [-0.2, -0.15) is 0 Å². The Hall–Kier alpha value is -5.66. The van der Waals surface area contributed by atoms with Gasteiger partial charge in [-0.3, -0.25) is 0 Å².